The Hall–Kier alpha value is -2.71. The van der Waals surface area contributed by atoms with Gasteiger partial charge in [-0.2, -0.15) is 10.2 Å². The molecule has 0 saturated carbocycles. The van der Waals surface area contributed by atoms with E-state index in [-0.39, 0.29) is 12.2 Å². The average molecular weight is 237 g/mol. The molecule has 0 saturated heterocycles. The Labute approximate surface area is 94.0 Å². The van der Waals surface area contributed by atoms with Crippen LogP contribution in [0.3, 0.4) is 0 Å². The average Bonchev–Trinajstić information content (AvgIpc) is 2.83. The summed E-state index contributed by atoms with van der Waals surface area (Å²) in [6, 6.07) is 0. The van der Waals surface area contributed by atoms with Crippen molar-refractivity contribution in [2.45, 2.75) is 6.54 Å². The van der Waals surface area contributed by atoms with Crippen LogP contribution in [0.25, 0.3) is 5.69 Å². The molecule has 0 spiro atoms. The van der Waals surface area contributed by atoms with Crippen molar-refractivity contribution in [1.29, 1.82) is 0 Å². The summed E-state index contributed by atoms with van der Waals surface area (Å²) in [5, 5.41) is 26.6. The smallest absolute Gasteiger partial charge is 0.325 e. The summed E-state index contributed by atoms with van der Waals surface area (Å²) in [5.41, 5.74) is 0.315. The van der Waals surface area contributed by atoms with Crippen LogP contribution in [0.5, 0.6) is 0 Å². The Morgan fingerprint density at radius 3 is 2.76 bits per heavy atom. The van der Waals surface area contributed by atoms with Crippen LogP contribution < -0.4 is 0 Å². The molecule has 0 radical (unpaired) electrons. The van der Waals surface area contributed by atoms with Crippen molar-refractivity contribution < 1.29 is 14.8 Å². The minimum absolute atomic E-state index is 0.143. The third kappa shape index (κ3) is 2.27. The van der Waals surface area contributed by atoms with Gasteiger partial charge in [0.2, 0.25) is 0 Å². The van der Waals surface area contributed by atoms with Gasteiger partial charge in [0, 0.05) is 0 Å². The van der Waals surface area contributed by atoms with Gasteiger partial charge in [0.1, 0.15) is 24.6 Å². The molecule has 0 unspecified atom stereocenters. The van der Waals surface area contributed by atoms with E-state index in [1.165, 1.54) is 28.0 Å². The molecule has 2 aromatic rings. The Morgan fingerprint density at radius 1 is 1.41 bits per heavy atom. The highest BCUT2D eigenvalue weighted by molar-refractivity contribution is 5.66. The molecule has 1 N–H and O–H groups in total. The standard InChI is InChI=1S/C8H7N5O4/c14-8(15)5-11-3-6(1-9-11)12-4-7(2-10-12)13(16)17/h1-4H,5H2,(H,14,15). The lowest BCUT2D eigenvalue weighted by Gasteiger charge is -1.94. The molecule has 2 rings (SSSR count). The normalized spacial score (nSPS) is 10.4. The number of nitrogens with zero attached hydrogens (tertiary/aromatic N) is 5. The first kappa shape index (κ1) is 10.8. The molecule has 0 amide bonds. The van der Waals surface area contributed by atoms with E-state index in [9.17, 15) is 14.9 Å². The van der Waals surface area contributed by atoms with Gasteiger partial charge < -0.3 is 5.11 Å². The Kier molecular flexibility index (Phi) is 2.57. The lowest BCUT2D eigenvalue weighted by atomic mass is 10.5. The number of aromatic nitrogens is 4. The lowest BCUT2D eigenvalue weighted by molar-refractivity contribution is -0.384. The first-order valence-corrected chi connectivity index (χ1v) is 4.50. The van der Waals surface area contributed by atoms with Gasteiger partial charge in [-0.25, -0.2) is 4.68 Å². The molecule has 0 aliphatic heterocycles. The molecule has 9 nitrogen and oxygen atoms in total. The molecule has 0 atom stereocenters. The van der Waals surface area contributed by atoms with Crippen molar-refractivity contribution >= 4 is 11.7 Å². The highest BCUT2D eigenvalue weighted by atomic mass is 16.6. The molecule has 2 heterocycles. The number of carbonyl (C=O) groups is 1. The van der Waals surface area contributed by atoms with Gasteiger partial charge in [-0.15, -0.1) is 0 Å². The monoisotopic (exact) mass is 237 g/mol. The Bertz CT molecular complexity index is 572. The van der Waals surface area contributed by atoms with E-state index in [2.05, 4.69) is 10.2 Å². The quantitative estimate of drug-likeness (QED) is 0.593. The zero-order valence-corrected chi connectivity index (χ0v) is 8.42. The summed E-state index contributed by atoms with van der Waals surface area (Å²) < 4.78 is 2.45. The molecule has 0 fully saturated rings. The van der Waals surface area contributed by atoms with Gasteiger partial charge >= 0.3 is 11.7 Å². The van der Waals surface area contributed by atoms with Crippen LogP contribution in [0.2, 0.25) is 0 Å². The fourth-order valence-electron chi connectivity index (χ4n) is 1.24. The third-order valence-corrected chi connectivity index (χ3v) is 1.96. The summed E-state index contributed by atoms with van der Waals surface area (Å²) in [7, 11) is 0. The Morgan fingerprint density at radius 2 is 2.18 bits per heavy atom. The van der Waals surface area contributed by atoms with Crippen molar-refractivity contribution in [3.63, 3.8) is 0 Å². The van der Waals surface area contributed by atoms with E-state index >= 15 is 0 Å². The van der Waals surface area contributed by atoms with E-state index in [1.54, 1.807) is 0 Å². The van der Waals surface area contributed by atoms with Crippen molar-refractivity contribution in [1.82, 2.24) is 19.6 Å². The zero-order valence-electron chi connectivity index (χ0n) is 8.42. The van der Waals surface area contributed by atoms with Gasteiger partial charge in [0.25, 0.3) is 0 Å². The van der Waals surface area contributed by atoms with E-state index < -0.39 is 10.9 Å². The molecule has 17 heavy (non-hydrogen) atoms. The lowest BCUT2D eigenvalue weighted by Crippen LogP contribution is -2.08. The van der Waals surface area contributed by atoms with E-state index in [1.807, 2.05) is 0 Å². The predicted octanol–water partition coefficient (Wildman–Crippen LogP) is 0.0616. The maximum Gasteiger partial charge on any atom is 0.325 e. The minimum Gasteiger partial charge on any atom is -0.480 e. The zero-order chi connectivity index (χ0) is 12.4. The maximum absolute atomic E-state index is 10.4. The van der Waals surface area contributed by atoms with Crippen LogP contribution in [-0.2, 0) is 11.3 Å². The second-order valence-corrected chi connectivity index (χ2v) is 3.19. The van der Waals surface area contributed by atoms with Crippen LogP contribution >= 0.6 is 0 Å². The first-order valence-electron chi connectivity index (χ1n) is 4.50. The topological polar surface area (TPSA) is 116 Å². The third-order valence-electron chi connectivity index (χ3n) is 1.96. The minimum atomic E-state index is -1.02. The van der Waals surface area contributed by atoms with E-state index in [4.69, 9.17) is 5.11 Å². The van der Waals surface area contributed by atoms with Gasteiger partial charge in [0.15, 0.2) is 0 Å². The van der Waals surface area contributed by atoms with Crippen LogP contribution in [0.1, 0.15) is 0 Å². The van der Waals surface area contributed by atoms with Crippen LogP contribution in [0.15, 0.2) is 24.8 Å². The molecule has 88 valence electrons. The van der Waals surface area contributed by atoms with Crippen molar-refractivity contribution in [3.05, 3.63) is 34.9 Å². The number of hydrogen-bond acceptors (Lipinski definition) is 5. The second-order valence-electron chi connectivity index (χ2n) is 3.19. The molecule has 0 aliphatic carbocycles. The summed E-state index contributed by atoms with van der Waals surface area (Å²) >= 11 is 0. The maximum atomic E-state index is 10.4. The molecule has 0 aromatic carbocycles. The summed E-state index contributed by atoms with van der Waals surface area (Å²) in [6.45, 7) is -0.274. The molecule has 0 bridgehead atoms. The van der Waals surface area contributed by atoms with Crippen molar-refractivity contribution in [3.8, 4) is 5.69 Å². The molecular weight excluding hydrogens is 230 g/mol. The van der Waals surface area contributed by atoms with Gasteiger partial charge in [-0.3, -0.25) is 19.6 Å². The number of carboxylic acids is 1. The number of carboxylic acid groups (broad SMARTS) is 1. The molecule has 2 aromatic heterocycles. The Balaban J connectivity index is 2.24. The number of nitro groups is 1. The van der Waals surface area contributed by atoms with Gasteiger partial charge in [-0.1, -0.05) is 0 Å². The summed E-state index contributed by atoms with van der Waals surface area (Å²) in [5.74, 6) is -1.02. The van der Waals surface area contributed by atoms with Crippen LogP contribution in [0, 0.1) is 10.1 Å². The highest BCUT2D eigenvalue weighted by Gasteiger charge is 2.11. The second kappa shape index (κ2) is 4.04. The van der Waals surface area contributed by atoms with E-state index in [0.29, 0.717) is 5.69 Å². The first-order chi connectivity index (χ1) is 8.06. The van der Waals surface area contributed by atoms with Crippen molar-refractivity contribution in [2.75, 3.05) is 0 Å². The molecule has 0 aliphatic rings. The number of hydrogen-bond donors (Lipinski definition) is 1. The largest absolute Gasteiger partial charge is 0.480 e. The van der Waals surface area contributed by atoms with Gasteiger partial charge in [-0.05, 0) is 0 Å². The molecule has 9 heteroatoms. The van der Waals surface area contributed by atoms with Gasteiger partial charge in [0.05, 0.1) is 17.3 Å². The van der Waals surface area contributed by atoms with Crippen molar-refractivity contribution in [2.24, 2.45) is 0 Å². The fourth-order valence-corrected chi connectivity index (χ4v) is 1.24. The summed E-state index contributed by atoms with van der Waals surface area (Å²) in [4.78, 5) is 20.3. The number of rotatable bonds is 4. The SMILES string of the molecule is O=C(O)Cn1cc(-n2cc([N+](=O)[O-])cn2)cn1. The summed E-state index contributed by atoms with van der Waals surface area (Å²) in [6.07, 6.45) is 5.14. The number of aliphatic carboxylic acids is 1. The van der Waals surface area contributed by atoms with E-state index in [0.717, 1.165) is 6.20 Å². The fraction of sp³-hybridized carbons (Fsp3) is 0.125. The van der Waals surface area contributed by atoms with Crippen LogP contribution in [-0.4, -0.2) is 35.6 Å². The van der Waals surface area contributed by atoms with Crippen LogP contribution in [0.4, 0.5) is 5.69 Å². The predicted molar refractivity (Wildman–Crippen MR) is 53.6 cm³/mol. The highest BCUT2D eigenvalue weighted by Crippen LogP contribution is 2.12. The molecular formula is C8H7N5O4.